The highest BCUT2D eigenvalue weighted by Crippen LogP contribution is 2.01. The Kier molecular flexibility index (Phi) is 7.86. The smallest absolute Gasteiger partial charge is 0.222 e. The minimum atomic E-state index is -0.00441. The van der Waals surface area contributed by atoms with Gasteiger partial charge < -0.3 is 15.8 Å². The molecule has 0 saturated heterocycles. The average molecular weight is 264 g/mol. The summed E-state index contributed by atoms with van der Waals surface area (Å²) in [5.74, 6) is 0.0729. The number of carbonyl (C=O) groups excluding carboxylic acids is 1. The topological polar surface area (TPSA) is 64.4 Å². The quantitative estimate of drug-likeness (QED) is 0.667. The maximum absolute atomic E-state index is 11.6. The minimum Gasteiger partial charge on any atom is -0.377 e. The Morgan fingerprint density at radius 1 is 1.37 bits per heavy atom. The molecule has 106 valence electrons. The zero-order valence-electron chi connectivity index (χ0n) is 11.6. The zero-order chi connectivity index (χ0) is 13.9. The first-order valence-electron chi connectivity index (χ1n) is 6.83. The number of rotatable bonds is 9. The van der Waals surface area contributed by atoms with E-state index in [9.17, 15) is 4.79 Å². The average Bonchev–Trinajstić information content (AvgIpc) is 2.43. The van der Waals surface area contributed by atoms with Gasteiger partial charge in [0.2, 0.25) is 5.91 Å². The van der Waals surface area contributed by atoms with Crippen LogP contribution in [0.4, 0.5) is 0 Å². The first kappa shape index (κ1) is 15.7. The summed E-state index contributed by atoms with van der Waals surface area (Å²) in [6.07, 6.45) is 1.56. The number of ether oxygens (including phenoxy) is 1. The molecule has 0 radical (unpaired) electrons. The van der Waals surface area contributed by atoms with Gasteiger partial charge in [-0.3, -0.25) is 4.79 Å². The standard InChI is InChI=1S/C15H24N2O2/c1-13(8-9-16)15(18)17-10-5-11-19-12-14-6-3-2-4-7-14/h2-4,6-7,13H,5,8-12,16H2,1H3,(H,17,18). The summed E-state index contributed by atoms with van der Waals surface area (Å²) < 4.78 is 5.54. The van der Waals surface area contributed by atoms with Gasteiger partial charge in [-0.2, -0.15) is 0 Å². The van der Waals surface area contributed by atoms with Crippen molar-refractivity contribution in [3.05, 3.63) is 35.9 Å². The zero-order valence-corrected chi connectivity index (χ0v) is 11.6. The van der Waals surface area contributed by atoms with Gasteiger partial charge in [0.05, 0.1) is 6.61 Å². The fourth-order valence-corrected chi connectivity index (χ4v) is 1.71. The van der Waals surface area contributed by atoms with Crippen LogP contribution >= 0.6 is 0 Å². The summed E-state index contributed by atoms with van der Waals surface area (Å²) in [5, 5.41) is 2.89. The number of nitrogens with one attached hydrogen (secondary N) is 1. The lowest BCUT2D eigenvalue weighted by atomic mass is 10.1. The van der Waals surface area contributed by atoms with Crippen LogP contribution in [0.15, 0.2) is 30.3 Å². The van der Waals surface area contributed by atoms with Gasteiger partial charge >= 0.3 is 0 Å². The first-order valence-corrected chi connectivity index (χ1v) is 6.83. The SMILES string of the molecule is CC(CCN)C(=O)NCCCOCc1ccccc1. The van der Waals surface area contributed by atoms with Crippen LogP contribution in [0.3, 0.4) is 0 Å². The molecule has 0 bridgehead atoms. The Morgan fingerprint density at radius 2 is 2.11 bits per heavy atom. The Bertz CT molecular complexity index is 354. The van der Waals surface area contributed by atoms with Crippen molar-refractivity contribution in [3.8, 4) is 0 Å². The molecule has 0 saturated carbocycles. The van der Waals surface area contributed by atoms with Crippen LogP contribution in [0.25, 0.3) is 0 Å². The molecule has 1 aromatic rings. The molecule has 1 unspecified atom stereocenters. The Balaban J connectivity index is 2.01. The number of hydrogen-bond acceptors (Lipinski definition) is 3. The van der Waals surface area contributed by atoms with Crippen molar-refractivity contribution in [2.45, 2.75) is 26.4 Å². The van der Waals surface area contributed by atoms with Gasteiger partial charge in [0.15, 0.2) is 0 Å². The number of carbonyl (C=O) groups is 1. The van der Waals surface area contributed by atoms with E-state index in [1.54, 1.807) is 0 Å². The molecule has 4 nitrogen and oxygen atoms in total. The second kappa shape index (κ2) is 9.53. The minimum absolute atomic E-state index is 0.00441. The van der Waals surface area contributed by atoms with E-state index in [1.807, 2.05) is 37.3 Å². The van der Waals surface area contributed by atoms with E-state index in [0.29, 0.717) is 26.3 Å². The fraction of sp³-hybridized carbons (Fsp3) is 0.533. The van der Waals surface area contributed by atoms with Crippen molar-refractivity contribution in [1.29, 1.82) is 0 Å². The molecule has 0 aliphatic heterocycles. The van der Waals surface area contributed by atoms with Crippen LogP contribution in [0.1, 0.15) is 25.3 Å². The number of nitrogens with two attached hydrogens (primary N) is 1. The highest BCUT2D eigenvalue weighted by Gasteiger charge is 2.10. The molecule has 19 heavy (non-hydrogen) atoms. The second-order valence-electron chi connectivity index (χ2n) is 4.66. The third kappa shape index (κ3) is 6.94. The summed E-state index contributed by atoms with van der Waals surface area (Å²) in [7, 11) is 0. The molecule has 1 aromatic carbocycles. The highest BCUT2D eigenvalue weighted by atomic mass is 16.5. The summed E-state index contributed by atoms with van der Waals surface area (Å²) in [5.41, 5.74) is 6.59. The van der Waals surface area contributed by atoms with Gasteiger partial charge in [0.1, 0.15) is 0 Å². The largest absolute Gasteiger partial charge is 0.377 e. The van der Waals surface area contributed by atoms with E-state index in [4.69, 9.17) is 10.5 Å². The second-order valence-corrected chi connectivity index (χ2v) is 4.66. The van der Waals surface area contributed by atoms with Crippen LogP contribution in [-0.4, -0.2) is 25.6 Å². The predicted octanol–water partition coefficient (Wildman–Crippen LogP) is 1.69. The number of benzene rings is 1. The van der Waals surface area contributed by atoms with Crippen molar-refractivity contribution in [2.24, 2.45) is 11.7 Å². The van der Waals surface area contributed by atoms with Gasteiger partial charge in [-0.05, 0) is 24.9 Å². The lowest BCUT2D eigenvalue weighted by Gasteiger charge is -2.11. The van der Waals surface area contributed by atoms with Crippen LogP contribution < -0.4 is 11.1 Å². The molecule has 1 amide bonds. The van der Waals surface area contributed by atoms with Crippen molar-refractivity contribution in [2.75, 3.05) is 19.7 Å². The summed E-state index contributed by atoms with van der Waals surface area (Å²) in [6, 6.07) is 10.1. The molecule has 3 N–H and O–H groups in total. The Labute approximate surface area is 115 Å². The van der Waals surface area contributed by atoms with Crippen molar-refractivity contribution >= 4 is 5.91 Å². The Morgan fingerprint density at radius 3 is 2.79 bits per heavy atom. The van der Waals surface area contributed by atoms with Crippen molar-refractivity contribution in [3.63, 3.8) is 0 Å². The van der Waals surface area contributed by atoms with E-state index in [0.717, 1.165) is 12.8 Å². The molecule has 0 fully saturated rings. The number of amides is 1. The van der Waals surface area contributed by atoms with Crippen LogP contribution in [0.2, 0.25) is 0 Å². The Hall–Kier alpha value is -1.39. The summed E-state index contributed by atoms with van der Waals surface area (Å²) in [6.45, 7) is 4.38. The molecule has 0 aliphatic rings. The van der Waals surface area contributed by atoms with Crippen molar-refractivity contribution in [1.82, 2.24) is 5.32 Å². The molecule has 0 spiro atoms. The van der Waals surface area contributed by atoms with Crippen LogP contribution in [0, 0.1) is 5.92 Å². The third-order valence-corrected chi connectivity index (χ3v) is 2.92. The van der Waals surface area contributed by atoms with Crippen molar-refractivity contribution < 1.29 is 9.53 Å². The van der Waals surface area contributed by atoms with Gasteiger partial charge in [-0.25, -0.2) is 0 Å². The summed E-state index contributed by atoms with van der Waals surface area (Å²) in [4.78, 5) is 11.6. The molecule has 0 heterocycles. The molecular weight excluding hydrogens is 240 g/mol. The van der Waals surface area contributed by atoms with Crippen LogP contribution in [0.5, 0.6) is 0 Å². The highest BCUT2D eigenvalue weighted by molar-refractivity contribution is 5.78. The molecule has 1 rings (SSSR count). The molecular formula is C15H24N2O2. The van der Waals surface area contributed by atoms with E-state index in [1.165, 1.54) is 5.56 Å². The van der Waals surface area contributed by atoms with E-state index in [2.05, 4.69) is 5.32 Å². The van der Waals surface area contributed by atoms with E-state index in [-0.39, 0.29) is 11.8 Å². The number of hydrogen-bond donors (Lipinski definition) is 2. The lowest BCUT2D eigenvalue weighted by Crippen LogP contribution is -2.31. The molecule has 4 heteroatoms. The summed E-state index contributed by atoms with van der Waals surface area (Å²) >= 11 is 0. The molecule has 0 aliphatic carbocycles. The van der Waals surface area contributed by atoms with E-state index >= 15 is 0 Å². The monoisotopic (exact) mass is 264 g/mol. The van der Waals surface area contributed by atoms with Gasteiger partial charge in [-0.1, -0.05) is 37.3 Å². The van der Waals surface area contributed by atoms with Gasteiger partial charge in [0, 0.05) is 19.1 Å². The van der Waals surface area contributed by atoms with Gasteiger partial charge in [0.25, 0.3) is 0 Å². The lowest BCUT2D eigenvalue weighted by molar-refractivity contribution is -0.124. The fourth-order valence-electron chi connectivity index (χ4n) is 1.71. The van der Waals surface area contributed by atoms with E-state index < -0.39 is 0 Å². The maximum Gasteiger partial charge on any atom is 0.222 e. The molecule has 0 aromatic heterocycles. The normalized spacial score (nSPS) is 12.1. The van der Waals surface area contributed by atoms with Gasteiger partial charge in [-0.15, -0.1) is 0 Å². The maximum atomic E-state index is 11.6. The third-order valence-electron chi connectivity index (χ3n) is 2.92. The predicted molar refractivity (Wildman–Crippen MR) is 76.6 cm³/mol. The first-order chi connectivity index (χ1) is 9.24. The molecule has 1 atom stereocenters. The van der Waals surface area contributed by atoms with Crippen LogP contribution in [-0.2, 0) is 16.1 Å².